The number of nitrogens with one attached hydrogen (secondary N) is 4. The monoisotopic (exact) mass is 548 g/mol. The quantitative estimate of drug-likeness (QED) is 0.322. The molecule has 2 bridgehead atoms. The molecule has 5 rings (SSSR count). The van der Waals surface area contributed by atoms with Crippen LogP contribution in [0, 0.1) is 0 Å². The van der Waals surface area contributed by atoms with E-state index < -0.39 is 24.0 Å². The Hall–Kier alpha value is -4.28. The average molecular weight is 549 g/mol. The minimum Gasteiger partial charge on any atom is -0.480 e. The molecule has 3 heterocycles. The number of carboxylic acids is 1. The molecule has 3 aliphatic rings. The number of guanidine groups is 1. The molecule has 0 spiro atoms. The minimum absolute atomic E-state index is 0.0111. The third kappa shape index (κ3) is 7.02. The molecule has 3 atom stereocenters. The molecular formula is C29H36N6O5. The van der Waals surface area contributed by atoms with E-state index in [4.69, 9.17) is 4.74 Å². The van der Waals surface area contributed by atoms with Crippen LogP contribution >= 0.6 is 0 Å². The Kier molecular flexibility index (Phi) is 8.68. The Morgan fingerprint density at radius 2 is 1.85 bits per heavy atom. The summed E-state index contributed by atoms with van der Waals surface area (Å²) in [6.07, 6.45) is 3.42. The van der Waals surface area contributed by atoms with Crippen molar-refractivity contribution in [2.45, 2.75) is 69.3 Å². The van der Waals surface area contributed by atoms with Gasteiger partial charge in [-0.05, 0) is 55.9 Å². The maximum absolute atomic E-state index is 12.8. The number of hydrogen-bond acceptors (Lipinski definition) is 8. The number of aliphatic imine (C=N–C) groups is 1. The van der Waals surface area contributed by atoms with Gasteiger partial charge in [0.2, 0.25) is 5.91 Å². The van der Waals surface area contributed by atoms with Crippen LogP contribution in [0.25, 0.3) is 0 Å². The topological polar surface area (TPSA) is 144 Å². The molecule has 40 heavy (non-hydrogen) atoms. The molecule has 11 heteroatoms. The van der Waals surface area contributed by atoms with Crippen molar-refractivity contribution in [3.8, 4) is 0 Å². The number of alkyl carbamates (subject to hydrolysis) is 1. The minimum atomic E-state index is -1.38. The van der Waals surface area contributed by atoms with Crippen molar-refractivity contribution in [2.24, 2.45) is 4.99 Å². The lowest BCUT2D eigenvalue weighted by atomic mass is 9.96. The van der Waals surface area contributed by atoms with Gasteiger partial charge in [0.1, 0.15) is 12.6 Å². The fourth-order valence-corrected chi connectivity index (χ4v) is 5.79. The zero-order valence-electron chi connectivity index (χ0n) is 22.3. The molecule has 3 unspecified atom stereocenters. The lowest BCUT2D eigenvalue weighted by Gasteiger charge is -2.41. The van der Waals surface area contributed by atoms with Crippen LogP contribution < -0.4 is 26.2 Å². The first kappa shape index (κ1) is 27.3. The number of carbonyl (C=O) groups excluding carboxylic acids is 2. The maximum Gasteiger partial charge on any atom is 0.408 e. The Labute approximate surface area is 233 Å². The number of hydrogen-bond donors (Lipinski definition) is 5. The van der Waals surface area contributed by atoms with Gasteiger partial charge in [-0.2, -0.15) is 0 Å². The molecule has 2 fully saturated rings. The van der Waals surface area contributed by atoms with E-state index in [1.165, 1.54) is 0 Å². The highest BCUT2D eigenvalue weighted by Gasteiger charge is 2.41. The highest BCUT2D eigenvalue weighted by molar-refractivity contribution is 5.94. The number of carbonyl (C=O) groups is 3. The van der Waals surface area contributed by atoms with Crippen LogP contribution in [0.1, 0.15) is 44.1 Å². The molecule has 11 nitrogen and oxygen atoms in total. The largest absolute Gasteiger partial charge is 0.480 e. The third-order valence-corrected chi connectivity index (χ3v) is 7.59. The summed E-state index contributed by atoms with van der Waals surface area (Å²) < 4.78 is 5.12. The summed E-state index contributed by atoms with van der Waals surface area (Å²) in [5, 5.41) is 21.5. The maximum atomic E-state index is 12.8. The molecule has 0 radical (unpaired) electrons. The van der Waals surface area contributed by atoms with Crippen molar-refractivity contribution in [1.29, 1.82) is 0 Å². The Balaban J connectivity index is 1.12. The van der Waals surface area contributed by atoms with E-state index in [0.29, 0.717) is 0 Å². The van der Waals surface area contributed by atoms with Gasteiger partial charge >= 0.3 is 12.1 Å². The SMILES string of the molecule is O=C(CC(NC(=O)OCc1ccccc1)C(=O)O)NC1CC2CCC(C1)N2c1cccc(NC2=NCCCN2)c1. The molecule has 2 aromatic rings. The van der Waals surface area contributed by atoms with Crippen LogP contribution in [-0.2, 0) is 20.9 Å². The smallest absolute Gasteiger partial charge is 0.408 e. The Bertz CT molecular complexity index is 1220. The van der Waals surface area contributed by atoms with E-state index in [-0.39, 0.29) is 31.2 Å². The molecule has 0 saturated carbocycles. The number of fused-ring (bicyclic) bond motifs is 2. The average Bonchev–Trinajstić information content (AvgIpc) is 3.23. The van der Waals surface area contributed by atoms with E-state index >= 15 is 0 Å². The van der Waals surface area contributed by atoms with Gasteiger partial charge in [-0.15, -0.1) is 0 Å². The number of amides is 2. The fraction of sp³-hybridized carbons (Fsp3) is 0.448. The van der Waals surface area contributed by atoms with Crippen molar-refractivity contribution in [3.05, 3.63) is 60.2 Å². The number of anilines is 2. The zero-order valence-corrected chi connectivity index (χ0v) is 22.3. The first-order valence-corrected chi connectivity index (χ1v) is 13.9. The second-order valence-electron chi connectivity index (χ2n) is 10.5. The summed E-state index contributed by atoms with van der Waals surface area (Å²) in [5.41, 5.74) is 2.90. The molecule has 0 aromatic heterocycles. The zero-order chi connectivity index (χ0) is 27.9. The van der Waals surface area contributed by atoms with E-state index in [1.807, 2.05) is 30.3 Å². The predicted molar refractivity (Wildman–Crippen MR) is 151 cm³/mol. The number of ether oxygens (including phenoxy) is 1. The molecule has 212 valence electrons. The van der Waals surface area contributed by atoms with Crippen molar-refractivity contribution in [1.82, 2.24) is 16.0 Å². The number of carboxylic acid groups (broad SMARTS) is 1. The number of aliphatic carboxylic acids is 1. The standard InChI is InChI=1S/C29H36N6O5/c36-26(17-25(27(37)38)34-29(39)40-18-19-6-2-1-3-7-19)32-21-15-23-10-11-24(16-21)35(23)22-9-4-8-20(14-22)33-28-30-12-5-13-31-28/h1-4,6-9,14,21,23-25H,5,10-13,15-18H2,(H,32,36)(H,34,39)(H,37,38)(H2,30,31,33). The summed E-state index contributed by atoms with van der Waals surface area (Å²) in [5.74, 6) is -0.892. The molecule has 3 aliphatic heterocycles. The summed E-state index contributed by atoms with van der Waals surface area (Å²) in [4.78, 5) is 43.6. The third-order valence-electron chi connectivity index (χ3n) is 7.59. The van der Waals surface area contributed by atoms with E-state index in [0.717, 1.165) is 68.1 Å². The first-order chi connectivity index (χ1) is 19.4. The normalized spacial score (nSPS) is 22.4. The molecule has 2 amide bonds. The van der Waals surface area contributed by atoms with Crippen molar-refractivity contribution in [2.75, 3.05) is 23.3 Å². The molecule has 2 saturated heterocycles. The Morgan fingerprint density at radius 3 is 2.55 bits per heavy atom. The number of piperidine rings is 1. The van der Waals surface area contributed by atoms with E-state index in [1.54, 1.807) is 12.1 Å². The van der Waals surface area contributed by atoms with E-state index in [2.05, 4.69) is 43.3 Å². The van der Waals surface area contributed by atoms with Gasteiger partial charge in [0.25, 0.3) is 0 Å². The summed E-state index contributed by atoms with van der Waals surface area (Å²) in [6, 6.07) is 16.5. The van der Waals surface area contributed by atoms with Gasteiger partial charge in [0.15, 0.2) is 5.96 Å². The van der Waals surface area contributed by atoms with Crippen LogP contribution in [0.15, 0.2) is 59.6 Å². The van der Waals surface area contributed by atoms with E-state index in [9.17, 15) is 19.5 Å². The first-order valence-electron chi connectivity index (χ1n) is 13.9. The highest BCUT2D eigenvalue weighted by atomic mass is 16.5. The van der Waals surface area contributed by atoms with Gasteiger partial charge < -0.3 is 36.0 Å². The van der Waals surface area contributed by atoms with Gasteiger partial charge in [-0.3, -0.25) is 9.79 Å². The van der Waals surface area contributed by atoms with Crippen molar-refractivity contribution in [3.63, 3.8) is 0 Å². The van der Waals surface area contributed by atoms with Gasteiger partial charge in [0, 0.05) is 42.6 Å². The fourth-order valence-electron chi connectivity index (χ4n) is 5.79. The lowest BCUT2D eigenvalue weighted by molar-refractivity contribution is -0.141. The molecule has 2 aromatic carbocycles. The molecular weight excluding hydrogens is 512 g/mol. The number of rotatable bonds is 9. The Morgan fingerprint density at radius 1 is 1.07 bits per heavy atom. The summed E-state index contributed by atoms with van der Waals surface area (Å²) in [7, 11) is 0. The molecule has 0 aliphatic carbocycles. The van der Waals surface area contributed by atoms with Crippen molar-refractivity contribution < 1.29 is 24.2 Å². The van der Waals surface area contributed by atoms with Crippen LogP contribution in [0.2, 0.25) is 0 Å². The van der Waals surface area contributed by atoms with Crippen molar-refractivity contribution >= 4 is 35.3 Å². The highest BCUT2D eigenvalue weighted by Crippen LogP contribution is 2.40. The van der Waals surface area contributed by atoms with Crippen LogP contribution in [-0.4, -0.2) is 66.3 Å². The van der Waals surface area contributed by atoms with Crippen LogP contribution in [0.5, 0.6) is 0 Å². The van der Waals surface area contributed by atoms with Gasteiger partial charge in [-0.1, -0.05) is 36.4 Å². The van der Waals surface area contributed by atoms with Gasteiger partial charge in [-0.25, -0.2) is 9.59 Å². The van der Waals surface area contributed by atoms with Crippen LogP contribution in [0.3, 0.4) is 0 Å². The van der Waals surface area contributed by atoms with Crippen LogP contribution in [0.4, 0.5) is 16.2 Å². The molecule has 5 N–H and O–H groups in total. The summed E-state index contributed by atoms with van der Waals surface area (Å²) >= 11 is 0. The second-order valence-corrected chi connectivity index (χ2v) is 10.5. The predicted octanol–water partition coefficient (Wildman–Crippen LogP) is 2.83. The lowest BCUT2D eigenvalue weighted by Crippen LogP contribution is -2.52. The second kappa shape index (κ2) is 12.7. The van der Waals surface area contributed by atoms with Gasteiger partial charge in [0.05, 0.1) is 6.42 Å². The summed E-state index contributed by atoms with van der Waals surface area (Å²) in [6.45, 7) is 1.74. The number of nitrogens with zero attached hydrogens (tertiary/aromatic N) is 2. The number of benzene rings is 2.